The molecule has 2 aliphatic rings. The highest BCUT2D eigenvalue weighted by molar-refractivity contribution is 6.56. The van der Waals surface area contributed by atoms with Crippen LogP contribution < -0.4 is 14.5 Å². The SMILES string of the molecule is Cc1ccccc1N1C[C@@H](C(=O)Oc2cccc(N3C(=O)c4c(Cl)c(Cl)c(Cl)c(Cl)c4C3=O)c2)CC1=O. The van der Waals surface area contributed by atoms with Gasteiger partial charge in [-0.25, -0.2) is 4.90 Å². The third kappa shape index (κ3) is 4.26. The molecule has 1 fully saturated rings. The van der Waals surface area contributed by atoms with Crippen molar-refractivity contribution in [3.8, 4) is 5.75 Å². The minimum atomic E-state index is -0.746. The second-order valence-electron chi connectivity index (χ2n) is 8.56. The lowest BCUT2D eigenvalue weighted by Crippen LogP contribution is -2.29. The molecule has 1 atom stereocenters. The molecule has 188 valence electrons. The van der Waals surface area contributed by atoms with Gasteiger partial charge in [-0.15, -0.1) is 0 Å². The molecule has 0 bridgehead atoms. The van der Waals surface area contributed by atoms with Crippen LogP contribution in [0.15, 0.2) is 48.5 Å². The van der Waals surface area contributed by atoms with Gasteiger partial charge in [0.2, 0.25) is 5.91 Å². The quantitative estimate of drug-likeness (QED) is 0.118. The molecule has 0 spiro atoms. The molecule has 2 heterocycles. The molecular formula is C26H16Cl4N2O5. The Balaban J connectivity index is 1.37. The Kier molecular flexibility index (Phi) is 6.66. The molecule has 0 aromatic heterocycles. The molecule has 0 unspecified atom stereocenters. The van der Waals surface area contributed by atoms with Crippen LogP contribution in [-0.2, 0) is 9.59 Å². The van der Waals surface area contributed by atoms with Gasteiger partial charge in [0.05, 0.1) is 42.8 Å². The van der Waals surface area contributed by atoms with Crippen LogP contribution in [0.25, 0.3) is 0 Å². The van der Waals surface area contributed by atoms with Crippen molar-refractivity contribution >= 4 is 81.5 Å². The number of anilines is 2. The van der Waals surface area contributed by atoms with Crippen molar-refractivity contribution in [3.63, 3.8) is 0 Å². The van der Waals surface area contributed by atoms with Gasteiger partial charge in [-0.1, -0.05) is 70.7 Å². The van der Waals surface area contributed by atoms with Gasteiger partial charge in [0.25, 0.3) is 11.8 Å². The maximum atomic E-state index is 13.1. The van der Waals surface area contributed by atoms with Gasteiger partial charge >= 0.3 is 5.97 Å². The van der Waals surface area contributed by atoms with E-state index in [1.165, 1.54) is 24.3 Å². The summed E-state index contributed by atoms with van der Waals surface area (Å²) in [4.78, 5) is 54.2. The summed E-state index contributed by atoms with van der Waals surface area (Å²) in [6.07, 6.45) is 0.00375. The van der Waals surface area contributed by atoms with Gasteiger partial charge in [-0.05, 0) is 30.7 Å². The Morgan fingerprint density at radius 2 is 1.49 bits per heavy atom. The number of para-hydroxylation sites is 1. The Bertz CT molecular complexity index is 1480. The van der Waals surface area contributed by atoms with Gasteiger partial charge in [-0.3, -0.25) is 19.2 Å². The number of rotatable bonds is 4. The summed E-state index contributed by atoms with van der Waals surface area (Å²) in [5.41, 5.74) is 1.47. The topological polar surface area (TPSA) is 84.0 Å². The summed E-state index contributed by atoms with van der Waals surface area (Å²) in [5, 5.41) is -0.635. The fraction of sp³-hybridized carbons (Fsp3) is 0.154. The minimum absolute atomic E-state index is 0.00375. The van der Waals surface area contributed by atoms with E-state index < -0.39 is 23.7 Å². The molecule has 3 amide bonds. The van der Waals surface area contributed by atoms with Crippen LogP contribution >= 0.6 is 46.4 Å². The van der Waals surface area contributed by atoms with Gasteiger partial charge in [0, 0.05) is 24.7 Å². The molecule has 0 saturated carbocycles. The van der Waals surface area contributed by atoms with Crippen molar-refractivity contribution in [1.29, 1.82) is 0 Å². The Labute approximate surface area is 231 Å². The number of halogens is 4. The highest BCUT2D eigenvalue weighted by atomic mass is 35.5. The van der Waals surface area contributed by atoms with E-state index in [1.54, 1.807) is 4.90 Å². The lowest BCUT2D eigenvalue weighted by molar-refractivity contribution is -0.139. The van der Waals surface area contributed by atoms with Crippen LogP contribution in [0.5, 0.6) is 5.75 Å². The zero-order chi connectivity index (χ0) is 26.6. The molecule has 37 heavy (non-hydrogen) atoms. The smallest absolute Gasteiger partial charge is 0.316 e. The second-order valence-corrected chi connectivity index (χ2v) is 10.1. The monoisotopic (exact) mass is 576 g/mol. The van der Waals surface area contributed by atoms with Crippen molar-refractivity contribution in [2.75, 3.05) is 16.3 Å². The van der Waals surface area contributed by atoms with Crippen LogP contribution in [0, 0.1) is 12.8 Å². The average Bonchev–Trinajstić information content (AvgIpc) is 3.38. The Hall–Kier alpha value is -3.10. The van der Waals surface area contributed by atoms with E-state index in [0.29, 0.717) is 0 Å². The zero-order valence-electron chi connectivity index (χ0n) is 19.1. The molecule has 2 aliphatic heterocycles. The first-order chi connectivity index (χ1) is 17.6. The first kappa shape index (κ1) is 25.5. The minimum Gasteiger partial charge on any atom is -0.426 e. The van der Waals surface area contributed by atoms with E-state index in [2.05, 4.69) is 0 Å². The standard InChI is InChI=1S/C26H16Cl4N2O5/c1-12-5-2-3-8-16(12)31-11-13(9-17(31)33)26(36)37-15-7-4-6-14(10-15)32-24(34)18-19(25(32)35)21(28)23(30)22(29)20(18)27/h2-8,10,13H,9,11H2,1H3/t13-/m0/s1. The van der Waals surface area contributed by atoms with Crippen LogP contribution in [0.3, 0.4) is 0 Å². The second kappa shape index (κ2) is 9.65. The van der Waals surface area contributed by atoms with Gasteiger partial charge in [-0.2, -0.15) is 0 Å². The van der Waals surface area contributed by atoms with E-state index in [0.717, 1.165) is 16.2 Å². The molecule has 0 aliphatic carbocycles. The van der Waals surface area contributed by atoms with Crippen molar-refractivity contribution in [3.05, 3.63) is 85.3 Å². The van der Waals surface area contributed by atoms with Crippen LogP contribution in [0.1, 0.15) is 32.7 Å². The highest BCUT2D eigenvalue weighted by Crippen LogP contribution is 2.46. The number of aryl methyl sites for hydroxylation is 1. The number of imide groups is 1. The van der Waals surface area contributed by atoms with E-state index in [9.17, 15) is 19.2 Å². The maximum absolute atomic E-state index is 13.1. The summed E-state index contributed by atoms with van der Waals surface area (Å²) in [7, 11) is 0. The molecule has 0 N–H and O–H groups in total. The van der Waals surface area contributed by atoms with Crippen molar-refractivity contribution in [2.24, 2.45) is 5.92 Å². The first-order valence-electron chi connectivity index (χ1n) is 11.0. The molecular weight excluding hydrogens is 562 g/mol. The van der Waals surface area contributed by atoms with E-state index in [-0.39, 0.29) is 61.5 Å². The summed E-state index contributed by atoms with van der Waals surface area (Å²) in [5.74, 6) is -2.87. The summed E-state index contributed by atoms with van der Waals surface area (Å²) in [6, 6.07) is 13.3. The predicted molar refractivity (Wildman–Crippen MR) is 141 cm³/mol. The first-order valence-corrected chi connectivity index (χ1v) is 12.5. The normalized spacial score (nSPS) is 17.0. The molecule has 1 saturated heterocycles. The maximum Gasteiger partial charge on any atom is 0.316 e. The number of esters is 1. The number of hydrogen-bond acceptors (Lipinski definition) is 5. The Morgan fingerprint density at radius 1 is 0.865 bits per heavy atom. The summed E-state index contributed by atoms with van der Waals surface area (Å²) in [6.45, 7) is 2.07. The highest BCUT2D eigenvalue weighted by Gasteiger charge is 2.43. The average molecular weight is 578 g/mol. The van der Waals surface area contributed by atoms with Crippen LogP contribution in [0.2, 0.25) is 20.1 Å². The molecule has 11 heteroatoms. The number of fused-ring (bicyclic) bond motifs is 1. The molecule has 0 radical (unpaired) electrons. The van der Waals surface area contributed by atoms with Crippen LogP contribution in [-0.4, -0.2) is 30.2 Å². The molecule has 3 aromatic carbocycles. The lowest BCUT2D eigenvalue weighted by atomic mass is 10.1. The van der Waals surface area contributed by atoms with E-state index >= 15 is 0 Å². The molecule has 3 aromatic rings. The van der Waals surface area contributed by atoms with Gasteiger partial charge < -0.3 is 9.64 Å². The van der Waals surface area contributed by atoms with Crippen molar-refractivity contribution < 1.29 is 23.9 Å². The number of carbonyl (C=O) groups excluding carboxylic acids is 4. The van der Waals surface area contributed by atoms with E-state index in [1.807, 2.05) is 31.2 Å². The number of carbonyl (C=O) groups is 4. The number of amides is 3. The van der Waals surface area contributed by atoms with E-state index in [4.69, 9.17) is 51.1 Å². The lowest BCUT2D eigenvalue weighted by Gasteiger charge is -2.19. The van der Waals surface area contributed by atoms with Crippen molar-refractivity contribution in [2.45, 2.75) is 13.3 Å². The summed E-state index contributed by atoms with van der Waals surface area (Å²) < 4.78 is 5.53. The zero-order valence-corrected chi connectivity index (χ0v) is 22.1. The number of hydrogen-bond donors (Lipinski definition) is 0. The third-order valence-corrected chi connectivity index (χ3v) is 8.06. The fourth-order valence-corrected chi connectivity index (χ4v) is 5.45. The number of benzene rings is 3. The third-order valence-electron chi connectivity index (χ3n) is 6.26. The van der Waals surface area contributed by atoms with Crippen molar-refractivity contribution in [1.82, 2.24) is 0 Å². The number of ether oxygens (including phenoxy) is 1. The van der Waals surface area contributed by atoms with Gasteiger partial charge in [0.15, 0.2) is 0 Å². The fourth-order valence-electron chi connectivity index (χ4n) is 4.43. The van der Waals surface area contributed by atoms with Gasteiger partial charge in [0.1, 0.15) is 5.75 Å². The van der Waals surface area contributed by atoms with Crippen LogP contribution in [0.4, 0.5) is 11.4 Å². The number of nitrogens with zero attached hydrogens (tertiary/aromatic N) is 2. The predicted octanol–water partition coefficient (Wildman–Crippen LogP) is 6.37. The summed E-state index contributed by atoms with van der Waals surface area (Å²) >= 11 is 24.5. The molecule has 5 rings (SSSR count). The largest absolute Gasteiger partial charge is 0.426 e. The Morgan fingerprint density at radius 3 is 2.11 bits per heavy atom. The molecule has 7 nitrogen and oxygen atoms in total.